The van der Waals surface area contributed by atoms with Crippen molar-refractivity contribution in [1.29, 1.82) is 0 Å². The number of nitrogens with zero attached hydrogens (tertiary/aromatic N) is 2. The molecular weight excluding hydrogens is 523 g/mol. The third-order valence-corrected chi connectivity index (χ3v) is 7.56. The van der Waals surface area contributed by atoms with Crippen molar-refractivity contribution in [3.63, 3.8) is 0 Å². The van der Waals surface area contributed by atoms with Gasteiger partial charge in [0, 0.05) is 27.9 Å². The molecule has 1 aromatic carbocycles. The molecule has 4 rings (SSSR count). The zero-order chi connectivity index (χ0) is 25.7. The van der Waals surface area contributed by atoms with Crippen molar-refractivity contribution in [3.8, 4) is 0 Å². The summed E-state index contributed by atoms with van der Waals surface area (Å²) >= 11 is 14.4. The van der Waals surface area contributed by atoms with E-state index in [1.165, 1.54) is 16.0 Å². The van der Waals surface area contributed by atoms with Gasteiger partial charge in [-0.2, -0.15) is 0 Å². The molecule has 0 aliphatic carbocycles. The Balaban J connectivity index is 1.58. The van der Waals surface area contributed by atoms with Crippen LogP contribution in [0.25, 0.3) is 0 Å². The Morgan fingerprint density at radius 2 is 2.00 bits per heavy atom. The molecule has 1 unspecified atom stereocenters. The van der Waals surface area contributed by atoms with Crippen LogP contribution in [0.1, 0.15) is 47.6 Å². The topological polar surface area (TPSA) is 80.1 Å². The number of hydrogen-bond donors (Lipinski definition) is 0. The molecule has 2 amide bonds. The third kappa shape index (κ3) is 6.11. The molecule has 10 heteroatoms. The second-order valence-corrected chi connectivity index (χ2v) is 10.2. The molecule has 0 saturated carbocycles. The van der Waals surface area contributed by atoms with Crippen molar-refractivity contribution in [3.05, 3.63) is 79.9 Å². The first kappa shape index (κ1) is 26.3. The van der Waals surface area contributed by atoms with Crippen LogP contribution in [0, 0.1) is 0 Å². The van der Waals surface area contributed by atoms with Gasteiger partial charge in [-0.3, -0.25) is 14.4 Å². The second kappa shape index (κ2) is 12.0. The van der Waals surface area contributed by atoms with E-state index in [2.05, 4.69) is 0 Å². The average molecular weight is 549 g/mol. The number of carbonyl (C=O) groups excluding carboxylic acids is 3. The number of rotatable bonds is 9. The first-order valence-corrected chi connectivity index (χ1v) is 13.3. The summed E-state index contributed by atoms with van der Waals surface area (Å²) in [5.41, 5.74) is 1.80. The number of thiophene rings is 1. The maximum Gasteiger partial charge on any atom is 0.306 e. The van der Waals surface area contributed by atoms with Crippen molar-refractivity contribution >= 4 is 52.3 Å². The smallest absolute Gasteiger partial charge is 0.306 e. The highest BCUT2D eigenvalue weighted by Gasteiger charge is 2.35. The third-order valence-electron chi connectivity index (χ3n) is 6.00. The van der Waals surface area contributed by atoms with E-state index in [0.717, 1.165) is 17.5 Å². The molecule has 7 nitrogen and oxygen atoms in total. The van der Waals surface area contributed by atoms with E-state index in [1.807, 2.05) is 17.5 Å². The summed E-state index contributed by atoms with van der Waals surface area (Å²) in [4.78, 5) is 43.0. The SMILES string of the molecule is CCOC(=O)CCC(=O)N(CC(=O)N1CCc2sccc2C1c1ccc(Cl)cc1Cl)Cc1ccco1. The minimum Gasteiger partial charge on any atom is -0.467 e. The van der Waals surface area contributed by atoms with Crippen LogP contribution >= 0.6 is 34.5 Å². The number of furan rings is 1. The van der Waals surface area contributed by atoms with Crippen LogP contribution in [0.15, 0.2) is 52.5 Å². The maximum atomic E-state index is 13.7. The lowest BCUT2D eigenvalue weighted by Crippen LogP contribution is -2.46. The van der Waals surface area contributed by atoms with Crippen LogP contribution in [0.3, 0.4) is 0 Å². The molecule has 0 bridgehead atoms. The first-order valence-electron chi connectivity index (χ1n) is 11.6. The summed E-state index contributed by atoms with van der Waals surface area (Å²) in [6, 6.07) is 10.4. The Morgan fingerprint density at radius 1 is 1.17 bits per heavy atom. The first-order chi connectivity index (χ1) is 17.4. The van der Waals surface area contributed by atoms with Crippen LogP contribution in [-0.2, 0) is 32.1 Å². The molecule has 0 N–H and O–H groups in total. The molecule has 1 aliphatic rings. The van der Waals surface area contributed by atoms with E-state index < -0.39 is 12.0 Å². The highest BCUT2D eigenvalue weighted by atomic mass is 35.5. The van der Waals surface area contributed by atoms with Gasteiger partial charge in [0.15, 0.2) is 0 Å². The number of benzene rings is 1. The molecular formula is C26H26Cl2N2O5S. The predicted octanol–water partition coefficient (Wildman–Crippen LogP) is 5.49. The number of hydrogen-bond acceptors (Lipinski definition) is 6. The maximum absolute atomic E-state index is 13.7. The number of carbonyl (C=O) groups is 3. The summed E-state index contributed by atoms with van der Waals surface area (Å²) in [7, 11) is 0. The molecule has 190 valence electrons. The van der Waals surface area contributed by atoms with Gasteiger partial charge in [0.05, 0.1) is 31.9 Å². The van der Waals surface area contributed by atoms with Gasteiger partial charge in [0.2, 0.25) is 11.8 Å². The predicted molar refractivity (Wildman–Crippen MR) is 138 cm³/mol. The molecule has 0 radical (unpaired) electrons. The van der Waals surface area contributed by atoms with Crippen molar-refractivity contribution in [1.82, 2.24) is 9.80 Å². The molecule has 0 saturated heterocycles. The van der Waals surface area contributed by atoms with E-state index in [9.17, 15) is 14.4 Å². The highest BCUT2D eigenvalue weighted by Crippen LogP contribution is 2.41. The lowest BCUT2D eigenvalue weighted by Gasteiger charge is -2.38. The molecule has 1 aliphatic heterocycles. The summed E-state index contributed by atoms with van der Waals surface area (Å²) in [5, 5.41) is 3.00. The highest BCUT2D eigenvalue weighted by molar-refractivity contribution is 7.10. The lowest BCUT2D eigenvalue weighted by atomic mass is 9.93. The van der Waals surface area contributed by atoms with Gasteiger partial charge in [0.1, 0.15) is 12.3 Å². The molecule has 0 spiro atoms. The zero-order valence-electron chi connectivity index (χ0n) is 19.7. The molecule has 1 atom stereocenters. The molecule has 2 aromatic heterocycles. The van der Waals surface area contributed by atoms with E-state index >= 15 is 0 Å². The Hall–Kier alpha value is -2.81. The Bertz CT molecular complexity index is 1230. The minimum absolute atomic E-state index is 0.0551. The van der Waals surface area contributed by atoms with E-state index in [4.69, 9.17) is 32.4 Å². The lowest BCUT2D eigenvalue weighted by molar-refractivity contribution is -0.147. The van der Waals surface area contributed by atoms with Gasteiger partial charge in [-0.25, -0.2) is 0 Å². The summed E-state index contributed by atoms with van der Waals surface area (Å²) < 4.78 is 10.4. The summed E-state index contributed by atoms with van der Waals surface area (Å²) in [6.07, 6.45) is 2.11. The fourth-order valence-corrected chi connectivity index (χ4v) is 5.74. The number of fused-ring (bicyclic) bond motifs is 1. The van der Waals surface area contributed by atoms with Gasteiger partial charge in [-0.1, -0.05) is 29.3 Å². The van der Waals surface area contributed by atoms with Crippen LogP contribution in [0.4, 0.5) is 0 Å². The zero-order valence-corrected chi connectivity index (χ0v) is 22.1. The number of esters is 1. The Kier molecular flexibility index (Phi) is 8.72. The largest absolute Gasteiger partial charge is 0.467 e. The van der Waals surface area contributed by atoms with Gasteiger partial charge in [-0.15, -0.1) is 11.3 Å². The summed E-state index contributed by atoms with van der Waals surface area (Å²) in [6.45, 7) is 2.40. The van der Waals surface area contributed by atoms with Gasteiger partial charge < -0.3 is 19.0 Å². The minimum atomic E-state index is -0.450. The van der Waals surface area contributed by atoms with Crippen molar-refractivity contribution < 1.29 is 23.5 Å². The second-order valence-electron chi connectivity index (χ2n) is 8.34. The molecule has 0 fully saturated rings. The normalized spacial score (nSPS) is 14.9. The standard InChI is InChI=1S/C26H26Cl2N2O5S/c1-2-34-25(33)8-7-23(31)29(15-18-4-3-12-35-18)16-24(32)30-11-9-22-20(10-13-36-22)26(30)19-6-5-17(27)14-21(19)28/h3-6,10,12-14,26H,2,7-9,11,15-16H2,1H3. The summed E-state index contributed by atoms with van der Waals surface area (Å²) in [5.74, 6) is -0.460. The Labute approximate surface area is 223 Å². The van der Waals surface area contributed by atoms with Crippen LogP contribution < -0.4 is 0 Å². The van der Waals surface area contributed by atoms with E-state index in [0.29, 0.717) is 22.4 Å². The van der Waals surface area contributed by atoms with E-state index in [1.54, 1.807) is 47.4 Å². The fourth-order valence-electron chi connectivity index (χ4n) is 4.32. The van der Waals surface area contributed by atoms with Crippen molar-refractivity contribution in [2.24, 2.45) is 0 Å². The average Bonchev–Trinajstić information content (AvgIpc) is 3.54. The van der Waals surface area contributed by atoms with Crippen molar-refractivity contribution in [2.45, 2.75) is 38.8 Å². The molecule has 3 aromatic rings. The van der Waals surface area contributed by atoms with Crippen LogP contribution in [0.5, 0.6) is 0 Å². The number of ether oxygens (including phenoxy) is 1. The van der Waals surface area contributed by atoms with Crippen molar-refractivity contribution in [2.75, 3.05) is 19.7 Å². The van der Waals surface area contributed by atoms with Gasteiger partial charge >= 0.3 is 5.97 Å². The quantitative estimate of drug-likeness (QED) is 0.330. The number of amides is 2. The fraction of sp³-hybridized carbons (Fsp3) is 0.346. The monoisotopic (exact) mass is 548 g/mol. The molecule has 3 heterocycles. The van der Waals surface area contributed by atoms with E-state index in [-0.39, 0.29) is 44.4 Å². The van der Waals surface area contributed by atoms with Gasteiger partial charge in [0.25, 0.3) is 0 Å². The number of halogens is 2. The molecule has 36 heavy (non-hydrogen) atoms. The van der Waals surface area contributed by atoms with Crippen LogP contribution in [-0.4, -0.2) is 47.3 Å². The Morgan fingerprint density at radius 3 is 2.72 bits per heavy atom. The van der Waals surface area contributed by atoms with Gasteiger partial charge in [-0.05, 0) is 60.2 Å². The van der Waals surface area contributed by atoms with Crippen LogP contribution in [0.2, 0.25) is 10.0 Å².